The maximum Gasteiger partial charge on any atom is 0.269 e. The van der Waals surface area contributed by atoms with E-state index < -0.39 is 10.5 Å². The molecule has 0 saturated carbocycles. The molecule has 1 atom stereocenters. The maximum atomic E-state index is 11.9. The summed E-state index contributed by atoms with van der Waals surface area (Å²) in [5.41, 5.74) is -0.569. The Kier molecular flexibility index (Phi) is 5.13. The van der Waals surface area contributed by atoms with Crippen LogP contribution in [0.1, 0.15) is 24.7 Å². The van der Waals surface area contributed by atoms with E-state index in [9.17, 15) is 20.0 Å². The first-order valence-electron chi connectivity index (χ1n) is 7.15. The van der Waals surface area contributed by atoms with Gasteiger partial charge in [-0.25, -0.2) is 0 Å². The number of nitro groups is 1. The average Bonchev–Trinajstić information content (AvgIpc) is 3.06. The van der Waals surface area contributed by atoms with E-state index >= 15 is 0 Å². The van der Waals surface area contributed by atoms with Crippen LogP contribution in [0.4, 0.5) is 5.69 Å². The summed E-state index contributed by atoms with van der Waals surface area (Å²) in [4.78, 5) is 22.1. The number of rotatable bonds is 7. The summed E-state index contributed by atoms with van der Waals surface area (Å²) in [6, 6.07) is 9.48. The minimum Gasteiger partial charge on any atom is -0.466 e. The third-order valence-corrected chi connectivity index (χ3v) is 3.44. The predicted octanol–water partition coefficient (Wildman–Crippen LogP) is 2.14. The van der Waals surface area contributed by atoms with Crippen LogP contribution >= 0.6 is 0 Å². The Morgan fingerprint density at radius 1 is 1.39 bits per heavy atom. The van der Waals surface area contributed by atoms with Crippen LogP contribution in [-0.2, 0) is 16.8 Å². The van der Waals surface area contributed by atoms with Gasteiger partial charge in [-0.15, -0.1) is 0 Å². The van der Waals surface area contributed by atoms with Crippen molar-refractivity contribution in [1.29, 1.82) is 0 Å². The molecular weight excluding hydrogens is 300 g/mol. The first kappa shape index (κ1) is 16.7. The zero-order valence-corrected chi connectivity index (χ0v) is 12.7. The minimum atomic E-state index is -1.29. The van der Waals surface area contributed by atoms with Gasteiger partial charge in [0.2, 0.25) is 5.91 Å². The van der Waals surface area contributed by atoms with E-state index in [0.717, 1.165) is 0 Å². The van der Waals surface area contributed by atoms with Crippen LogP contribution < -0.4 is 5.32 Å². The third kappa shape index (κ3) is 4.65. The number of hydrogen-bond donors (Lipinski definition) is 2. The molecule has 122 valence electrons. The Labute approximate surface area is 133 Å². The van der Waals surface area contributed by atoms with E-state index in [1.165, 1.54) is 18.4 Å². The maximum absolute atomic E-state index is 11.9. The molecule has 1 aromatic carbocycles. The first-order chi connectivity index (χ1) is 10.9. The SMILES string of the molecule is CC(O)(CNC(=O)CCc1cccc([N+](=O)[O-])c1)c1ccco1. The van der Waals surface area contributed by atoms with Gasteiger partial charge >= 0.3 is 0 Å². The Hall–Kier alpha value is -2.67. The quantitative estimate of drug-likeness (QED) is 0.601. The number of carbonyl (C=O) groups excluding carboxylic acids is 1. The third-order valence-electron chi connectivity index (χ3n) is 3.44. The minimum absolute atomic E-state index is 0.00339. The summed E-state index contributed by atoms with van der Waals surface area (Å²) >= 11 is 0. The molecule has 2 rings (SSSR count). The summed E-state index contributed by atoms with van der Waals surface area (Å²) in [6.45, 7) is 1.57. The lowest BCUT2D eigenvalue weighted by atomic mass is 10.0. The number of amides is 1. The average molecular weight is 318 g/mol. The zero-order valence-electron chi connectivity index (χ0n) is 12.7. The van der Waals surface area contributed by atoms with Crippen molar-refractivity contribution in [2.24, 2.45) is 0 Å². The molecular formula is C16H18N2O5. The lowest BCUT2D eigenvalue weighted by Crippen LogP contribution is -2.38. The van der Waals surface area contributed by atoms with Crippen molar-refractivity contribution in [2.75, 3.05) is 6.54 Å². The number of nitrogens with zero attached hydrogens (tertiary/aromatic N) is 1. The number of furan rings is 1. The molecule has 0 bridgehead atoms. The van der Waals surface area contributed by atoms with Crippen molar-refractivity contribution in [1.82, 2.24) is 5.32 Å². The number of carbonyl (C=O) groups is 1. The van der Waals surface area contributed by atoms with Crippen LogP contribution in [0.5, 0.6) is 0 Å². The summed E-state index contributed by atoms with van der Waals surface area (Å²) in [5, 5.41) is 23.6. The van der Waals surface area contributed by atoms with Crippen molar-refractivity contribution in [3.63, 3.8) is 0 Å². The Balaban J connectivity index is 1.84. The largest absolute Gasteiger partial charge is 0.466 e. The summed E-state index contributed by atoms with van der Waals surface area (Å²) in [5.74, 6) is 0.125. The molecule has 1 amide bonds. The second kappa shape index (κ2) is 7.06. The highest BCUT2D eigenvalue weighted by Gasteiger charge is 2.26. The van der Waals surface area contributed by atoms with Gasteiger partial charge in [-0.1, -0.05) is 12.1 Å². The van der Waals surface area contributed by atoms with Crippen molar-refractivity contribution in [3.8, 4) is 0 Å². The van der Waals surface area contributed by atoms with E-state index in [1.807, 2.05) is 0 Å². The Bertz CT molecular complexity index is 680. The van der Waals surface area contributed by atoms with Crippen LogP contribution in [0.25, 0.3) is 0 Å². The topological polar surface area (TPSA) is 106 Å². The molecule has 0 aliphatic rings. The molecule has 0 aliphatic heterocycles. The van der Waals surface area contributed by atoms with Crippen molar-refractivity contribution >= 4 is 11.6 Å². The molecule has 2 aromatic rings. The predicted molar refractivity (Wildman–Crippen MR) is 82.7 cm³/mol. The van der Waals surface area contributed by atoms with E-state index in [2.05, 4.69) is 5.32 Å². The number of nitro benzene ring substituents is 1. The summed E-state index contributed by atoms with van der Waals surface area (Å²) < 4.78 is 5.13. The van der Waals surface area contributed by atoms with E-state index in [1.54, 1.807) is 31.2 Å². The number of hydrogen-bond acceptors (Lipinski definition) is 5. The molecule has 1 heterocycles. The molecule has 1 aromatic heterocycles. The molecule has 7 nitrogen and oxygen atoms in total. The van der Waals surface area contributed by atoms with Gasteiger partial charge in [0.15, 0.2) is 0 Å². The van der Waals surface area contributed by atoms with Crippen LogP contribution in [-0.4, -0.2) is 22.5 Å². The van der Waals surface area contributed by atoms with Gasteiger partial charge < -0.3 is 14.8 Å². The monoisotopic (exact) mass is 318 g/mol. The molecule has 0 radical (unpaired) electrons. The molecule has 0 fully saturated rings. The molecule has 1 unspecified atom stereocenters. The van der Waals surface area contributed by atoms with Gasteiger partial charge in [0, 0.05) is 18.6 Å². The van der Waals surface area contributed by atoms with Crippen molar-refractivity contribution < 1.29 is 19.2 Å². The highest BCUT2D eigenvalue weighted by Crippen LogP contribution is 2.20. The molecule has 2 N–H and O–H groups in total. The number of nitrogens with one attached hydrogen (secondary N) is 1. The van der Waals surface area contributed by atoms with Gasteiger partial charge in [-0.3, -0.25) is 14.9 Å². The highest BCUT2D eigenvalue weighted by atomic mass is 16.6. The van der Waals surface area contributed by atoms with Gasteiger partial charge in [0.05, 0.1) is 17.7 Å². The zero-order chi connectivity index (χ0) is 16.9. The number of benzene rings is 1. The van der Waals surface area contributed by atoms with Gasteiger partial charge in [0.25, 0.3) is 5.69 Å². The summed E-state index contributed by atoms with van der Waals surface area (Å²) in [6.07, 6.45) is 2.01. The van der Waals surface area contributed by atoms with Crippen molar-refractivity contribution in [3.05, 3.63) is 64.1 Å². The van der Waals surface area contributed by atoms with Crippen LogP contribution in [0, 0.1) is 10.1 Å². The number of non-ortho nitro benzene ring substituents is 1. The van der Waals surface area contributed by atoms with Gasteiger partial charge in [0.1, 0.15) is 11.4 Å². The van der Waals surface area contributed by atoms with E-state index in [4.69, 9.17) is 4.42 Å². The first-order valence-corrected chi connectivity index (χ1v) is 7.15. The molecule has 0 aliphatic carbocycles. The molecule has 0 spiro atoms. The summed E-state index contributed by atoms with van der Waals surface area (Å²) in [7, 11) is 0. The van der Waals surface area contributed by atoms with E-state index in [-0.39, 0.29) is 24.6 Å². The van der Waals surface area contributed by atoms with E-state index in [0.29, 0.717) is 17.7 Å². The Morgan fingerprint density at radius 2 is 2.17 bits per heavy atom. The Morgan fingerprint density at radius 3 is 2.83 bits per heavy atom. The number of aliphatic hydroxyl groups is 1. The molecule has 0 saturated heterocycles. The number of aryl methyl sites for hydroxylation is 1. The van der Waals surface area contributed by atoms with Gasteiger partial charge in [-0.2, -0.15) is 0 Å². The van der Waals surface area contributed by atoms with Crippen LogP contribution in [0.3, 0.4) is 0 Å². The lowest BCUT2D eigenvalue weighted by molar-refractivity contribution is -0.384. The van der Waals surface area contributed by atoms with Crippen molar-refractivity contribution in [2.45, 2.75) is 25.4 Å². The van der Waals surface area contributed by atoms with Crippen LogP contribution in [0.15, 0.2) is 47.1 Å². The van der Waals surface area contributed by atoms with Crippen LogP contribution in [0.2, 0.25) is 0 Å². The molecule has 23 heavy (non-hydrogen) atoms. The normalized spacial score (nSPS) is 13.3. The fourth-order valence-corrected chi connectivity index (χ4v) is 2.11. The highest BCUT2D eigenvalue weighted by molar-refractivity contribution is 5.76. The lowest BCUT2D eigenvalue weighted by Gasteiger charge is -2.21. The fraction of sp³-hybridized carbons (Fsp3) is 0.312. The van der Waals surface area contributed by atoms with Gasteiger partial charge in [-0.05, 0) is 31.0 Å². The smallest absolute Gasteiger partial charge is 0.269 e. The molecule has 7 heteroatoms. The second-order valence-corrected chi connectivity index (χ2v) is 5.45. The second-order valence-electron chi connectivity index (χ2n) is 5.45. The standard InChI is InChI=1S/C16H18N2O5/c1-16(20,14-6-3-9-23-14)11-17-15(19)8-7-12-4-2-5-13(10-12)18(21)22/h2-6,9-10,20H,7-8,11H2,1H3,(H,17,19). The fourth-order valence-electron chi connectivity index (χ4n) is 2.11.